The number of ketones is 1. The summed E-state index contributed by atoms with van der Waals surface area (Å²) in [5.41, 5.74) is 6.24. The molecule has 0 aliphatic rings. The number of ether oxygens (including phenoxy) is 1. The quantitative estimate of drug-likeness (QED) is 0.777. The second kappa shape index (κ2) is 5.66. The highest BCUT2D eigenvalue weighted by molar-refractivity contribution is 5.98. The molecule has 0 saturated heterocycles. The van der Waals surface area contributed by atoms with Gasteiger partial charge in [-0.05, 0) is 32.9 Å². The third-order valence-corrected chi connectivity index (χ3v) is 2.06. The summed E-state index contributed by atoms with van der Waals surface area (Å²) in [7, 11) is 0. The average Bonchev–Trinajstić information content (AvgIpc) is 2.16. The van der Waals surface area contributed by atoms with E-state index >= 15 is 0 Å². The lowest BCUT2D eigenvalue weighted by molar-refractivity contribution is 0.0971. The molecule has 1 rings (SSSR count). The Morgan fingerprint density at radius 2 is 1.94 bits per heavy atom. The predicted molar refractivity (Wildman–Crippen MR) is 64.8 cm³/mol. The van der Waals surface area contributed by atoms with Crippen molar-refractivity contribution in [3.05, 3.63) is 29.8 Å². The van der Waals surface area contributed by atoms with Crippen molar-refractivity contribution in [3.8, 4) is 5.75 Å². The van der Waals surface area contributed by atoms with Crippen molar-refractivity contribution in [1.82, 2.24) is 0 Å². The third-order valence-electron chi connectivity index (χ3n) is 2.06. The molecule has 1 aromatic carbocycles. The molecule has 0 aromatic heterocycles. The average molecular weight is 221 g/mol. The smallest absolute Gasteiger partial charge is 0.168 e. The Balaban J connectivity index is 2.89. The van der Waals surface area contributed by atoms with Crippen molar-refractivity contribution >= 4 is 5.78 Å². The maximum absolute atomic E-state index is 11.9. The van der Waals surface area contributed by atoms with E-state index in [1.807, 2.05) is 39.0 Å². The van der Waals surface area contributed by atoms with Crippen LogP contribution in [0.25, 0.3) is 0 Å². The van der Waals surface area contributed by atoms with Gasteiger partial charge in [-0.1, -0.05) is 12.1 Å². The van der Waals surface area contributed by atoms with Gasteiger partial charge in [0.25, 0.3) is 0 Å². The summed E-state index contributed by atoms with van der Waals surface area (Å²) in [6.45, 7) is 5.70. The van der Waals surface area contributed by atoms with E-state index in [1.54, 1.807) is 6.07 Å². The number of para-hydroxylation sites is 1. The first kappa shape index (κ1) is 12.7. The van der Waals surface area contributed by atoms with Gasteiger partial charge in [-0.2, -0.15) is 0 Å². The molecule has 0 radical (unpaired) electrons. The van der Waals surface area contributed by atoms with Gasteiger partial charge >= 0.3 is 0 Å². The van der Waals surface area contributed by atoms with Gasteiger partial charge in [-0.15, -0.1) is 0 Å². The zero-order valence-electron chi connectivity index (χ0n) is 10.1. The summed E-state index contributed by atoms with van der Waals surface area (Å²) in [5.74, 6) is 0.675. The van der Waals surface area contributed by atoms with Crippen molar-refractivity contribution in [2.24, 2.45) is 5.73 Å². The van der Waals surface area contributed by atoms with Crippen LogP contribution < -0.4 is 10.5 Å². The summed E-state index contributed by atoms with van der Waals surface area (Å²) in [6.07, 6.45) is 0.405. The van der Waals surface area contributed by atoms with Crippen molar-refractivity contribution in [3.63, 3.8) is 0 Å². The number of Topliss-reactive ketones (excluding diaryl/α,β-unsaturated/α-hetero) is 1. The highest BCUT2D eigenvalue weighted by atomic mass is 16.5. The normalized spacial score (nSPS) is 12.6. The number of rotatable bonds is 5. The number of hydrogen-bond donors (Lipinski definition) is 1. The van der Waals surface area contributed by atoms with Gasteiger partial charge in [0.15, 0.2) is 5.78 Å². The monoisotopic (exact) mass is 221 g/mol. The van der Waals surface area contributed by atoms with Gasteiger partial charge in [0, 0.05) is 12.5 Å². The van der Waals surface area contributed by atoms with Gasteiger partial charge in [0.2, 0.25) is 0 Å². The largest absolute Gasteiger partial charge is 0.490 e. The van der Waals surface area contributed by atoms with Gasteiger partial charge in [-0.3, -0.25) is 4.79 Å². The van der Waals surface area contributed by atoms with Crippen LogP contribution in [0.5, 0.6) is 5.75 Å². The van der Waals surface area contributed by atoms with Crippen LogP contribution in [0.1, 0.15) is 37.6 Å². The molecule has 3 nitrogen and oxygen atoms in total. The van der Waals surface area contributed by atoms with Gasteiger partial charge in [0.05, 0.1) is 11.7 Å². The van der Waals surface area contributed by atoms with E-state index in [2.05, 4.69) is 0 Å². The number of carbonyl (C=O) groups excluding carboxylic acids is 1. The molecule has 0 saturated carbocycles. The Bertz CT molecular complexity index is 359. The third kappa shape index (κ3) is 3.66. The first-order valence-electron chi connectivity index (χ1n) is 5.55. The number of benzene rings is 1. The molecule has 0 amide bonds. The molecule has 88 valence electrons. The van der Waals surface area contributed by atoms with Crippen molar-refractivity contribution in [2.45, 2.75) is 39.3 Å². The van der Waals surface area contributed by atoms with E-state index in [0.717, 1.165) is 0 Å². The first-order chi connectivity index (χ1) is 7.50. The molecule has 1 atom stereocenters. The predicted octanol–water partition coefficient (Wildman–Crippen LogP) is 2.39. The number of carbonyl (C=O) groups is 1. The van der Waals surface area contributed by atoms with Crippen LogP contribution in [0.15, 0.2) is 24.3 Å². The van der Waals surface area contributed by atoms with E-state index in [1.165, 1.54) is 0 Å². The Kier molecular flexibility index (Phi) is 4.50. The Hall–Kier alpha value is -1.35. The molecule has 2 N–H and O–H groups in total. The van der Waals surface area contributed by atoms with Crippen molar-refractivity contribution < 1.29 is 9.53 Å². The van der Waals surface area contributed by atoms with Crippen LogP contribution in [0.2, 0.25) is 0 Å². The fourth-order valence-electron chi connectivity index (χ4n) is 1.46. The summed E-state index contributed by atoms with van der Waals surface area (Å²) in [4.78, 5) is 11.9. The van der Waals surface area contributed by atoms with E-state index in [9.17, 15) is 4.79 Å². The lowest BCUT2D eigenvalue weighted by Crippen LogP contribution is -2.20. The molecule has 0 spiro atoms. The fourth-order valence-corrected chi connectivity index (χ4v) is 1.46. The molecule has 0 bridgehead atoms. The zero-order chi connectivity index (χ0) is 12.1. The highest BCUT2D eigenvalue weighted by Gasteiger charge is 2.14. The maximum atomic E-state index is 11.9. The van der Waals surface area contributed by atoms with Crippen LogP contribution in [0, 0.1) is 0 Å². The summed E-state index contributed by atoms with van der Waals surface area (Å²) in [6, 6.07) is 7.17. The van der Waals surface area contributed by atoms with E-state index in [0.29, 0.717) is 17.7 Å². The minimum absolute atomic E-state index is 0.0336. The molecule has 0 aliphatic heterocycles. The molecule has 1 aromatic rings. The minimum Gasteiger partial charge on any atom is -0.490 e. The lowest BCUT2D eigenvalue weighted by atomic mass is 10.0. The van der Waals surface area contributed by atoms with Crippen LogP contribution in [0.4, 0.5) is 0 Å². The SMILES string of the molecule is CC(N)CC(=O)c1ccccc1OC(C)C. The molecule has 0 fully saturated rings. The van der Waals surface area contributed by atoms with Crippen LogP contribution in [-0.4, -0.2) is 17.9 Å². The van der Waals surface area contributed by atoms with Gasteiger partial charge in [-0.25, -0.2) is 0 Å². The van der Waals surface area contributed by atoms with E-state index in [4.69, 9.17) is 10.5 Å². The topological polar surface area (TPSA) is 52.3 Å². The molecule has 0 heterocycles. The van der Waals surface area contributed by atoms with Crippen molar-refractivity contribution in [1.29, 1.82) is 0 Å². The van der Waals surface area contributed by atoms with Crippen LogP contribution in [0.3, 0.4) is 0 Å². The summed E-state index contributed by atoms with van der Waals surface area (Å²) < 4.78 is 5.59. The van der Waals surface area contributed by atoms with Crippen LogP contribution in [-0.2, 0) is 0 Å². The minimum atomic E-state index is -0.125. The van der Waals surface area contributed by atoms with Gasteiger partial charge < -0.3 is 10.5 Å². The Labute approximate surface area is 96.6 Å². The first-order valence-corrected chi connectivity index (χ1v) is 5.55. The molecule has 3 heteroatoms. The van der Waals surface area contributed by atoms with Crippen molar-refractivity contribution in [2.75, 3.05) is 0 Å². The molecule has 16 heavy (non-hydrogen) atoms. The highest BCUT2D eigenvalue weighted by Crippen LogP contribution is 2.21. The summed E-state index contributed by atoms with van der Waals surface area (Å²) in [5, 5.41) is 0. The Morgan fingerprint density at radius 1 is 1.31 bits per heavy atom. The Morgan fingerprint density at radius 3 is 2.50 bits per heavy atom. The standard InChI is InChI=1S/C13H19NO2/c1-9(2)16-13-7-5-4-6-11(13)12(15)8-10(3)14/h4-7,9-10H,8,14H2,1-3H3. The second-order valence-electron chi connectivity index (χ2n) is 4.27. The molecular weight excluding hydrogens is 202 g/mol. The number of hydrogen-bond acceptors (Lipinski definition) is 3. The maximum Gasteiger partial charge on any atom is 0.168 e. The van der Waals surface area contributed by atoms with E-state index < -0.39 is 0 Å². The van der Waals surface area contributed by atoms with Crippen LogP contribution >= 0.6 is 0 Å². The second-order valence-corrected chi connectivity index (χ2v) is 4.27. The van der Waals surface area contributed by atoms with Gasteiger partial charge in [0.1, 0.15) is 5.75 Å². The summed E-state index contributed by atoms with van der Waals surface area (Å²) >= 11 is 0. The fraction of sp³-hybridized carbons (Fsp3) is 0.462. The molecule has 0 aliphatic carbocycles. The van der Waals surface area contributed by atoms with E-state index in [-0.39, 0.29) is 17.9 Å². The lowest BCUT2D eigenvalue weighted by Gasteiger charge is -2.14. The molecule has 1 unspecified atom stereocenters. The zero-order valence-corrected chi connectivity index (χ0v) is 10.1. The number of nitrogens with two attached hydrogens (primary N) is 1. The molecular formula is C13H19NO2.